The van der Waals surface area contributed by atoms with Gasteiger partial charge in [0, 0.05) is 6.04 Å². The molecule has 0 spiro atoms. The maximum Gasteiger partial charge on any atom is 0.368 e. The Balaban J connectivity index is 2.10. The van der Waals surface area contributed by atoms with E-state index in [2.05, 4.69) is 10.3 Å². The smallest absolute Gasteiger partial charge is 0.368 e. The molecular weight excluding hydrogens is 356 g/mol. The summed E-state index contributed by atoms with van der Waals surface area (Å²) in [5, 5.41) is 13.7. The minimum absolute atomic E-state index is 0.0186. The first kappa shape index (κ1) is 13.4. The van der Waals surface area contributed by atoms with Crippen LogP contribution in [0.25, 0.3) is 0 Å². The zero-order valence-corrected chi connectivity index (χ0v) is 11.5. The molecule has 0 saturated carbocycles. The molecule has 0 aliphatic carbocycles. The van der Waals surface area contributed by atoms with Crippen LogP contribution in [0, 0.1) is 19.6 Å². The monoisotopic (exact) mass is 367 g/mol. The fourth-order valence-electron chi connectivity index (χ4n) is 1.77. The van der Waals surface area contributed by atoms with E-state index in [1.165, 1.54) is 6.07 Å². The molecule has 6 nitrogen and oxygen atoms in total. The summed E-state index contributed by atoms with van der Waals surface area (Å²) in [6.07, 6.45) is 2.06. The third-order valence-electron chi connectivity index (χ3n) is 2.65. The molecule has 2 rings (SSSR count). The Morgan fingerprint density at radius 2 is 2.50 bits per heavy atom. The number of hydrogen-bond donors (Lipinski definition) is 1. The van der Waals surface area contributed by atoms with Crippen molar-refractivity contribution in [2.24, 2.45) is 0 Å². The number of hydrogen-bond acceptors (Lipinski definition) is 5. The van der Waals surface area contributed by atoms with Gasteiger partial charge in [-0.25, -0.2) is 0 Å². The van der Waals surface area contributed by atoms with Gasteiger partial charge in [0.25, 0.3) is 0 Å². The molecule has 0 radical (unpaired) electrons. The van der Waals surface area contributed by atoms with Crippen LogP contribution < -0.4 is 10.1 Å². The van der Waals surface area contributed by atoms with Gasteiger partial charge in [0.1, 0.15) is 6.61 Å². The molecule has 1 fully saturated rings. The van der Waals surface area contributed by atoms with Crippen LogP contribution in [0.5, 0.6) is 5.75 Å². The molecule has 1 unspecified atom stereocenters. The Morgan fingerprint density at radius 1 is 1.72 bits per heavy atom. The summed E-state index contributed by atoms with van der Waals surface area (Å²) in [7, 11) is 0. The van der Waals surface area contributed by atoms with Crippen LogP contribution in [0.4, 0.5) is 10.2 Å². The first-order chi connectivity index (χ1) is 8.58. The normalized spacial score (nSPS) is 18.9. The minimum atomic E-state index is -0.938. The summed E-state index contributed by atoms with van der Waals surface area (Å²) in [5.41, 5.74) is 0. The van der Waals surface area contributed by atoms with Gasteiger partial charge in [-0.3, -0.25) is 0 Å². The molecule has 2 heterocycles. The lowest BCUT2D eigenvalue weighted by Gasteiger charge is -2.12. The average molecular weight is 367 g/mol. The quantitative estimate of drug-likeness (QED) is 0.381. The predicted molar refractivity (Wildman–Crippen MR) is 70.1 cm³/mol. The van der Waals surface area contributed by atoms with E-state index >= 15 is 0 Å². The molecule has 0 bridgehead atoms. The van der Waals surface area contributed by atoms with E-state index in [1.54, 1.807) is 22.6 Å². The van der Waals surface area contributed by atoms with Gasteiger partial charge in [0.15, 0.2) is 0 Å². The third kappa shape index (κ3) is 3.05. The Morgan fingerprint density at radius 3 is 3.06 bits per heavy atom. The summed E-state index contributed by atoms with van der Waals surface area (Å²) < 4.78 is 19.3. The van der Waals surface area contributed by atoms with Gasteiger partial charge < -0.3 is 20.2 Å². The van der Waals surface area contributed by atoms with Crippen molar-refractivity contribution in [2.75, 3.05) is 13.2 Å². The van der Waals surface area contributed by atoms with Gasteiger partial charge in [-0.05, 0) is 51.9 Å². The van der Waals surface area contributed by atoms with Crippen molar-refractivity contribution in [3.63, 3.8) is 0 Å². The van der Waals surface area contributed by atoms with Crippen LogP contribution in [-0.2, 0) is 0 Å². The number of nitrogens with zero attached hydrogens (tertiary/aromatic N) is 2. The molecule has 1 N–H and O–H groups in total. The lowest BCUT2D eigenvalue weighted by molar-refractivity contribution is -0.390. The van der Waals surface area contributed by atoms with Crippen LogP contribution in [0.1, 0.15) is 12.8 Å². The third-order valence-corrected chi connectivity index (χ3v) is 3.45. The average Bonchev–Trinajstić information content (AvgIpc) is 2.80. The van der Waals surface area contributed by atoms with Gasteiger partial charge >= 0.3 is 11.8 Å². The SMILES string of the molecule is O=[N+]([O-])c1cc(I)c(OCC2CCCN2)c(F)n1. The lowest BCUT2D eigenvalue weighted by atomic mass is 10.2. The van der Waals surface area contributed by atoms with Crippen LogP contribution in [0.2, 0.25) is 0 Å². The standard InChI is InChI=1S/C10H11FIN3O3/c11-10-9(18-5-6-2-1-3-13-6)7(12)4-8(14-10)15(16)17/h4,6,13H,1-3,5H2. The number of nitro groups is 1. The zero-order valence-electron chi connectivity index (χ0n) is 9.36. The van der Waals surface area contributed by atoms with E-state index in [4.69, 9.17) is 4.74 Å². The van der Waals surface area contributed by atoms with E-state index < -0.39 is 16.7 Å². The van der Waals surface area contributed by atoms with E-state index in [-0.39, 0.29) is 11.8 Å². The summed E-state index contributed by atoms with van der Waals surface area (Å²) in [5.74, 6) is -1.47. The molecule has 1 aliphatic heterocycles. The van der Waals surface area contributed by atoms with Crippen LogP contribution in [-0.4, -0.2) is 29.1 Å². The number of nitrogens with one attached hydrogen (secondary N) is 1. The minimum Gasteiger partial charge on any atom is -0.484 e. The van der Waals surface area contributed by atoms with Crippen LogP contribution >= 0.6 is 22.6 Å². The molecule has 1 aromatic heterocycles. The Kier molecular flexibility index (Phi) is 4.27. The van der Waals surface area contributed by atoms with Gasteiger partial charge in [-0.1, -0.05) is 0 Å². The molecule has 0 amide bonds. The molecule has 0 aromatic carbocycles. The predicted octanol–water partition coefficient (Wildman–Crippen LogP) is 1.86. The van der Waals surface area contributed by atoms with Crippen LogP contribution in [0.15, 0.2) is 6.07 Å². The highest BCUT2D eigenvalue weighted by Crippen LogP contribution is 2.27. The molecule has 1 aliphatic rings. The van der Waals surface area contributed by atoms with E-state index in [1.807, 2.05) is 0 Å². The molecule has 18 heavy (non-hydrogen) atoms. The number of pyridine rings is 1. The van der Waals surface area contributed by atoms with Gasteiger partial charge in [0.2, 0.25) is 5.75 Å². The van der Waals surface area contributed by atoms with Crippen molar-refractivity contribution >= 4 is 28.4 Å². The summed E-state index contributed by atoms with van der Waals surface area (Å²) >= 11 is 1.80. The van der Waals surface area contributed by atoms with Crippen molar-refractivity contribution in [1.82, 2.24) is 10.3 Å². The second-order valence-corrected chi connectivity index (χ2v) is 5.11. The molecule has 8 heteroatoms. The largest absolute Gasteiger partial charge is 0.484 e. The topological polar surface area (TPSA) is 77.3 Å². The molecule has 1 saturated heterocycles. The second kappa shape index (κ2) is 5.74. The molecule has 1 aromatic rings. The summed E-state index contributed by atoms with van der Waals surface area (Å²) in [4.78, 5) is 13.0. The molecular formula is C10H11FIN3O3. The highest BCUT2D eigenvalue weighted by atomic mass is 127. The van der Waals surface area contributed by atoms with Crippen molar-refractivity contribution in [3.8, 4) is 5.75 Å². The number of aromatic nitrogens is 1. The van der Waals surface area contributed by atoms with Crippen molar-refractivity contribution in [1.29, 1.82) is 0 Å². The van der Waals surface area contributed by atoms with Crippen molar-refractivity contribution in [2.45, 2.75) is 18.9 Å². The molecule has 1 atom stereocenters. The Labute approximate surface area is 116 Å². The first-order valence-corrected chi connectivity index (χ1v) is 6.52. The van der Waals surface area contributed by atoms with E-state index in [0.717, 1.165) is 19.4 Å². The highest BCUT2D eigenvalue weighted by Gasteiger charge is 2.22. The first-order valence-electron chi connectivity index (χ1n) is 5.44. The summed E-state index contributed by atoms with van der Waals surface area (Å²) in [6, 6.07) is 1.40. The number of halogens is 2. The van der Waals surface area contributed by atoms with Crippen LogP contribution in [0.3, 0.4) is 0 Å². The zero-order chi connectivity index (χ0) is 13.1. The number of rotatable bonds is 4. The van der Waals surface area contributed by atoms with Gasteiger partial charge in [-0.15, -0.1) is 0 Å². The fraction of sp³-hybridized carbons (Fsp3) is 0.500. The maximum absolute atomic E-state index is 13.6. The molecule has 98 valence electrons. The van der Waals surface area contributed by atoms with Gasteiger partial charge in [-0.2, -0.15) is 4.39 Å². The second-order valence-electron chi connectivity index (χ2n) is 3.94. The fourth-order valence-corrected chi connectivity index (χ4v) is 2.42. The summed E-state index contributed by atoms with van der Waals surface area (Å²) in [6.45, 7) is 1.28. The van der Waals surface area contributed by atoms with E-state index in [0.29, 0.717) is 10.2 Å². The van der Waals surface area contributed by atoms with Gasteiger partial charge in [0.05, 0.1) is 9.64 Å². The van der Waals surface area contributed by atoms with Crippen molar-refractivity contribution < 1.29 is 14.1 Å². The maximum atomic E-state index is 13.6. The lowest BCUT2D eigenvalue weighted by Crippen LogP contribution is -2.28. The highest BCUT2D eigenvalue weighted by molar-refractivity contribution is 14.1. The number of ether oxygens (including phenoxy) is 1. The Bertz CT molecular complexity index is 443. The Hall–Kier alpha value is -1.03. The van der Waals surface area contributed by atoms with E-state index in [9.17, 15) is 14.5 Å². The van der Waals surface area contributed by atoms with Crippen molar-refractivity contribution in [3.05, 3.63) is 25.7 Å².